The Labute approximate surface area is 116 Å². The zero-order valence-corrected chi connectivity index (χ0v) is 11.2. The number of carboxylic acids is 1. The van der Waals surface area contributed by atoms with Crippen LogP contribution in [0.3, 0.4) is 0 Å². The Morgan fingerprint density at radius 3 is 2.80 bits per heavy atom. The second-order valence-electron chi connectivity index (χ2n) is 5.00. The van der Waals surface area contributed by atoms with Crippen molar-refractivity contribution in [3.63, 3.8) is 0 Å². The predicted octanol–water partition coefficient (Wildman–Crippen LogP) is 2.07. The van der Waals surface area contributed by atoms with E-state index in [9.17, 15) is 4.79 Å². The van der Waals surface area contributed by atoms with E-state index in [4.69, 9.17) is 9.84 Å². The van der Waals surface area contributed by atoms with Crippen LogP contribution in [-0.4, -0.2) is 28.0 Å². The predicted molar refractivity (Wildman–Crippen MR) is 73.3 cm³/mol. The van der Waals surface area contributed by atoms with Gasteiger partial charge in [0, 0.05) is 5.69 Å². The summed E-state index contributed by atoms with van der Waals surface area (Å²) in [4.78, 5) is 11.1. The fourth-order valence-corrected chi connectivity index (χ4v) is 2.68. The maximum atomic E-state index is 11.1. The van der Waals surface area contributed by atoms with Crippen LogP contribution in [0.5, 0.6) is 5.75 Å². The number of aliphatic carboxylic acids is 1. The first kappa shape index (κ1) is 12.7. The molecule has 0 radical (unpaired) electrons. The van der Waals surface area contributed by atoms with Gasteiger partial charge in [-0.05, 0) is 49.1 Å². The van der Waals surface area contributed by atoms with E-state index in [1.54, 1.807) is 13.3 Å². The summed E-state index contributed by atoms with van der Waals surface area (Å²) in [5.41, 5.74) is 3.13. The number of ether oxygens (including phenoxy) is 1. The van der Waals surface area contributed by atoms with Gasteiger partial charge < -0.3 is 9.84 Å². The van der Waals surface area contributed by atoms with E-state index in [1.807, 2.05) is 28.9 Å². The third-order valence-corrected chi connectivity index (χ3v) is 3.82. The van der Waals surface area contributed by atoms with E-state index in [0.29, 0.717) is 12.8 Å². The summed E-state index contributed by atoms with van der Waals surface area (Å²) in [6.07, 6.45) is 3.78. The molecule has 0 spiro atoms. The van der Waals surface area contributed by atoms with Gasteiger partial charge in [-0.3, -0.25) is 4.79 Å². The molecule has 1 aliphatic carbocycles. The van der Waals surface area contributed by atoms with Crippen LogP contribution in [0.4, 0.5) is 0 Å². The number of carboxylic acid groups (broad SMARTS) is 1. The van der Waals surface area contributed by atoms with E-state index in [0.717, 1.165) is 29.1 Å². The van der Waals surface area contributed by atoms with Gasteiger partial charge in [0.25, 0.3) is 0 Å². The lowest BCUT2D eigenvalue weighted by Gasteiger charge is -2.19. The van der Waals surface area contributed by atoms with Crippen LogP contribution in [0.2, 0.25) is 0 Å². The van der Waals surface area contributed by atoms with Gasteiger partial charge in [-0.15, -0.1) is 0 Å². The van der Waals surface area contributed by atoms with Crippen LogP contribution >= 0.6 is 0 Å². The highest BCUT2D eigenvalue weighted by atomic mass is 16.5. The van der Waals surface area contributed by atoms with Crippen LogP contribution < -0.4 is 4.74 Å². The number of carbonyl (C=O) groups is 1. The van der Waals surface area contributed by atoms with Crippen LogP contribution in [-0.2, 0) is 17.6 Å². The number of hydrogen-bond acceptors (Lipinski definition) is 3. The Morgan fingerprint density at radius 1 is 1.40 bits per heavy atom. The summed E-state index contributed by atoms with van der Waals surface area (Å²) in [6.45, 7) is 0. The molecule has 5 heteroatoms. The van der Waals surface area contributed by atoms with Gasteiger partial charge in [0.1, 0.15) is 5.75 Å². The van der Waals surface area contributed by atoms with E-state index < -0.39 is 5.97 Å². The topological polar surface area (TPSA) is 64.4 Å². The average molecular weight is 272 g/mol. The Bertz CT molecular complexity index is 631. The number of benzene rings is 1. The Kier molecular flexibility index (Phi) is 3.18. The van der Waals surface area contributed by atoms with Crippen LogP contribution in [0.25, 0.3) is 5.69 Å². The average Bonchev–Trinajstić information content (AvgIpc) is 2.90. The molecule has 0 unspecified atom stereocenters. The zero-order chi connectivity index (χ0) is 14.1. The SMILES string of the molecule is COc1ccc(-n2ncc3c2CC[C@@H](C(=O)O)C3)cc1. The van der Waals surface area contributed by atoms with E-state index in [2.05, 4.69) is 5.10 Å². The lowest BCUT2D eigenvalue weighted by molar-refractivity contribution is -0.142. The maximum Gasteiger partial charge on any atom is 0.306 e. The molecule has 0 saturated carbocycles. The van der Waals surface area contributed by atoms with Crippen molar-refractivity contribution in [3.05, 3.63) is 41.7 Å². The molecule has 1 aromatic carbocycles. The molecule has 1 atom stereocenters. The summed E-state index contributed by atoms with van der Waals surface area (Å²) in [6, 6.07) is 7.70. The fraction of sp³-hybridized carbons (Fsp3) is 0.333. The van der Waals surface area contributed by atoms with Gasteiger partial charge in [-0.2, -0.15) is 5.10 Å². The number of nitrogens with zero attached hydrogens (tertiary/aromatic N) is 2. The van der Waals surface area contributed by atoms with Crippen molar-refractivity contribution in [3.8, 4) is 11.4 Å². The van der Waals surface area contributed by atoms with Crippen molar-refractivity contribution in [1.29, 1.82) is 0 Å². The molecule has 0 fully saturated rings. The summed E-state index contributed by atoms with van der Waals surface area (Å²) in [7, 11) is 1.64. The second kappa shape index (κ2) is 5.00. The molecule has 1 N–H and O–H groups in total. The smallest absolute Gasteiger partial charge is 0.306 e. The summed E-state index contributed by atoms with van der Waals surface area (Å²) < 4.78 is 7.04. The molecule has 0 saturated heterocycles. The molecular formula is C15H16N2O3. The minimum atomic E-state index is -0.715. The first-order valence-corrected chi connectivity index (χ1v) is 6.62. The first-order chi connectivity index (χ1) is 9.69. The minimum Gasteiger partial charge on any atom is -0.497 e. The Morgan fingerprint density at radius 2 is 2.15 bits per heavy atom. The highest BCUT2D eigenvalue weighted by molar-refractivity contribution is 5.71. The molecule has 1 aromatic heterocycles. The van der Waals surface area contributed by atoms with Gasteiger partial charge in [0.15, 0.2) is 0 Å². The van der Waals surface area contributed by atoms with Crippen LogP contribution in [0.15, 0.2) is 30.5 Å². The molecule has 0 aliphatic heterocycles. The molecule has 5 nitrogen and oxygen atoms in total. The quantitative estimate of drug-likeness (QED) is 0.929. The van der Waals surface area contributed by atoms with E-state index in [1.165, 1.54) is 0 Å². The fourth-order valence-electron chi connectivity index (χ4n) is 2.68. The third kappa shape index (κ3) is 2.15. The van der Waals surface area contributed by atoms with Crippen molar-refractivity contribution in [2.45, 2.75) is 19.3 Å². The van der Waals surface area contributed by atoms with Gasteiger partial charge in [-0.25, -0.2) is 4.68 Å². The number of rotatable bonds is 3. The highest BCUT2D eigenvalue weighted by Crippen LogP contribution is 2.27. The van der Waals surface area contributed by atoms with Crippen molar-refractivity contribution >= 4 is 5.97 Å². The van der Waals surface area contributed by atoms with Crippen LogP contribution in [0, 0.1) is 5.92 Å². The molecule has 0 amide bonds. The molecule has 20 heavy (non-hydrogen) atoms. The monoisotopic (exact) mass is 272 g/mol. The molecule has 0 bridgehead atoms. The maximum absolute atomic E-state index is 11.1. The van der Waals surface area contributed by atoms with Crippen molar-refractivity contribution in [2.24, 2.45) is 5.92 Å². The number of methoxy groups -OCH3 is 1. The number of hydrogen-bond donors (Lipinski definition) is 1. The van der Waals surface area contributed by atoms with Gasteiger partial charge >= 0.3 is 5.97 Å². The molecule has 104 valence electrons. The Hall–Kier alpha value is -2.30. The summed E-state index contributed by atoms with van der Waals surface area (Å²) in [5.74, 6) is -0.190. The number of fused-ring (bicyclic) bond motifs is 1. The summed E-state index contributed by atoms with van der Waals surface area (Å²) in [5, 5.41) is 13.5. The largest absolute Gasteiger partial charge is 0.497 e. The Balaban J connectivity index is 1.91. The second-order valence-corrected chi connectivity index (χ2v) is 5.00. The lowest BCUT2D eigenvalue weighted by Crippen LogP contribution is -2.22. The summed E-state index contributed by atoms with van der Waals surface area (Å²) >= 11 is 0. The molecule has 2 aromatic rings. The van der Waals surface area contributed by atoms with Crippen molar-refractivity contribution in [1.82, 2.24) is 9.78 Å². The van der Waals surface area contributed by atoms with Crippen LogP contribution in [0.1, 0.15) is 17.7 Å². The molecule has 1 heterocycles. The lowest BCUT2D eigenvalue weighted by atomic mass is 9.88. The normalized spacial score (nSPS) is 17.6. The van der Waals surface area contributed by atoms with Crippen molar-refractivity contribution in [2.75, 3.05) is 7.11 Å². The standard InChI is InChI=1S/C15H16N2O3/c1-20-13-5-3-12(4-6-13)17-14-7-2-10(15(18)19)8-11(14)9-16-17/h3-6,9-10H,2,7-8H2,1H3,(H,18,19)/t10-/m1/s1. The van der Waals surface area contributed by atoms with Gasteiger partial charge in [0.2, 0.25) is 0 Å². The first-order valence-electron chi connectivity index (χ1n) is 6.62. The number of aromatic nitrogens is 2. The highest BCUT2D eigenvalue weighted by Gasteiger charge is 2.27. The van der Waals surface area contributed by atoms with Gasteiger partial charge in [-0.1, -0.05) is 0 Å². The molecular weight excluding hydrogens is 256 g/mol. The van der Waals surface area contributed by atoms with E-state index >= 15 is 0 Å². The zero-order valence-electron chi connectivity index (χ0n) is 11.2. The third-order valence-electron chi connectivity index (χ3n) is 3.82. The van der Waals surface area contributed by atoms with Crippen molar-refractivity contribution < 1.29 is 14.6 Å². The van der Waals surface area contributed by atoms with E-state index in [-0.39, 0.29) is 5.92 Å². The molecule has 1 aliphatic rings. The van der Waals surface area contributed by atoms with Gasteiger partial charge in [0.05, 0.1) is 24.9 Å². The molecule has 3 rings (SSSR count). The minimum absolute atomic E-state index is 0.281.